The van der Waals surface area contributed by atoms with Crippen molar-refractivity contribution in [1.29, 1.82) is 0 Å². The van der Waals surface area contributed by atoms with Crippen molar-refractivity contribution in [3.63, 3.8) is 0 Å². The van der Waals surface area contributed by atoms with E-state index >= 15 is 0 Å². The highest BCUT2D eigenvalue weighted by molar-refractivity contribution is 5.82. The highest BCUT2D eigenvalue weighted by Crippen LogP contribution is 2.25. The second-order valence-electron chi connectivity index (χ2n) is 4.97. The molecule has 4 nitrogen and oxygen atoms in total. The second-order valence-corrected chi connectivity index (χ2v) is 4.97. The molecule has 2 rings (SSSR count). The standard InChI is InChI=1S/C12H22N2O2/c1-9-5-7-16-11(9)12(15)14-6-3-2-4-10(14)8-13/h9-11H,2-8,13H2,1H3. The highest BCUT2D eigenvalue weighted by Gasteiger charge is 2.36. The van der Waals surface area contributed by atoms with Gasteiger partial charge in [0.1, 0.15) is 6.10 Å². The van der Waals surface area contributed by atoms with Gasteiger partial charge in [0.2, 0.25) is 0 Å². The van der Waals surface area contributed by atoms with Gasteiger partial charge in [-0.1, -0.05) is 6.92 Å². The van der Waals surface area contributed by atoms with E-state index in [0.29, 0.717) is 12.5 Å². The van der Waals surface area contributed by atoms with Crippen LogP contribution in [-0.4, -0.2) is 42.6 Å². The molecule has 1 amide bonds. The Morgan fingerprint density at radius 2 is 2.25 bits per heavy atom. The molecule has 0 aromatic heterocycles. The number of nitrogens with two attached hydrogens (primary N) is 1. The number of piperidine rings is 1. The Labute approximate surface area is 97.1 Å². The maximum atomic E-state index is 12.3. The number of carbonyl (C=O) groups is 1. The molecule has 2 heterocycles. The first-order valence-corrected chi connectivity index (χ1v) is 6.36. The van der Waals surface area contributed by atoms with Gasteiger partial charge in [0.15, 0.2) is 0 Å². The molecule has 0 saturated carbocycles. The molecule has 16 heavy (non-hydrogen) atoms. The summed E-state index contributed by atoms with van der Waals surface area (Å²) in [4.78, 5) is 14.3. The second kappa shape index (κ2) is 5.15. The van der Waals surface area contributed by atoms with E-state index in [1.54, 1.807) is 0 Å². The van der Waals surface area contributed by atoms with Crippen LogP contribution >= 0.6 is 0 Å². The zero-order chi connectivity index (χ0) is 11.5. The summed E-state index contributed by atoms with van der Waals surface area (Å²) in [5, 5.41) is 0. The third kappa shape index (κ3) is 2.23. The summed E-state index contributed by atoms with van der Waals surface area (Å²) in [6.07, 6.45) is 4.11. The molecule has 3 unspecified atom stereocenters. The Hall–Kier alpha value is -0.610. The van der Waals surface area contributed by atoms with Gasteiger partial charge in [0.05, 0.1) is 0 Å². The van der Waals surface area contributed by atoms with Gasteiger partial charge in [-0.2, -0.15) is 0 Å². The normalized spacial score (nSPS) is 35.4. The van der Waals surface area contributed by atoms with Crippen molar-refractivity contribution in [2.24, 2.45) is 11.7 Å². The molecular weight excluding hydrogens is 204 g/mol. The number of hydrogen-bond acceptors (Lipinski definition) is 3. The predicted molar refractivity (Wildman–Crippen MR) is 61.9 cm³/mol. The first-order valence-electron chi connectivity index (χ1n) is 6.36. The van der Waals surface area contributed by atoms with E-state index in [0.717, 1.165) is 32.4 Å². The molecule has 0 radical (unpaired) electrons. The molecule has 4 heteroatoms. The summed E-state index contributed by atoms with van der Waals surface area (Å²) in [6.45, 7) is 4.25. The molecule has 2 aliphatic heterocycles. The first-order chi connectivity index (χ1) is 7.74. The molecule has 2 saturated heterocycles. The number of ether oxygens (including phenoxy) is 1. The van der Waals surface area contributed by atoms with Crippen LogP contribution in [-0.2, 0) is 9.53 Å². The molecule has 2 N–H and O–H groups in total. The molecule has 3 atom stereocenters. The van der Waals surface area contributed by atoms with Gasteiger partial charge in [0.25, 0.3) is 5.91 Å². The molecule has 0 aromatic rings. The van der Waals surface area contributed by atoms with Gasteiger partial charge >= 0.3 is 0 Å². The first kappa shape index (κ1) is 11.9. The minimum atomic E-state index is -0.216. The Morgan fingerprint density at radius 3 is 2.88 bits per heavy atom. The van der Waals surface area contributed by atoms with Crippen LogP contribution in [0.3, 0.4) is 0 Å². The van der Waals surface area contributed by atoms with Crippen LogP contribution in [0.4, 0.5) is 0 Å². The lowest BCUT2D eigenvalue weighted by Gasteiger charge is -2.37. The minimum Gasteiger partial charge on any atom is -0.368 e. The number of likely N-dealkylation sites (tertiary alicyclic amines) is 1. The smallest absolute Gasteiger partial charge is 0.252 e. The Morgan fingerprint density at radius 1 is 1.44 bits per heavy atom. The van der Waals surface area contributed by atoms with Crippen LogP contribution < -0.4 is 5.73 Å². The maximum absolute atomic E-state index is 12.3. The number of amides is 1. The monoisotopic (exact) mass is 226 g/mol. The highest BCUT2D eigenvalue weighted by atomic mass is 16.5. The summed E-state index contributed by atoms with van der Waals surface area (Å²) in [7, 11) is 0. The lowest BCUT2D eigenvalue weighted by molar-refractivity contribution is -0.146. The van der Waals surface area contributed by atoms with Crippen LogP contribution in [0.1, 0.15) is 32.6 Å². The quantitative estimate of drug-likeness (QED) is 0.756. The SMILES string of the molecule is CC1CCOC1C(=O)N1CCCCC1CN. The van der Waals surface area contributed by atoms with E-state index in [2.05, 4.69) is 6.92 Å². The van der Waals surface area contributed by atoms with Crippen molar-refractivity contribution in [1.82, 2.24) is 4.90 Å². The fraction of sp³-hybridized carbons (Fsp3) is 0.917. The average molecular weight is 226 g/mol. The minimum absolute atomic E-state index is 0.167. The van der Waals surface area contributed by atoms with Gasteiger partial charge in [0, 0.05) is 25.7 Å². The number of carbonyl (C=O) groups excluding carboxylic acids is 1. The largest absolute Gasteiger partial charge is 0.368 e. The summed E-state index contributed by atoms with van der Waals surface area (Å²) in [5.41, 5.74) is 5.73. The van der Waals surface area contributed by atoms with Crippen molar-refractivity contribution in [2.45, 2.75) is 44.8 Å². The molecule has 0 aromatic carbocycles. The van der Waals surface area contributed by atoms with Gasteiger partial charge in [-0.3, -0.25) is 4.79 Å². The van der Waals surface area contributed by atoms with Gasteiger partial charge in [-0.15, -0.1) is 0 Å². The molecular formula is C12H22N2O2. The lowest BCUT2D eigenvalue weighted by atomic mass is 9.98. The number of rotatable bonds is 2. The maximum Gasteiger partial charge on any atom is 0.252 e. The Balaban J connectivity index is 2.01. The summed E-state index contributed by atoms with van der Waals surface area (Å²) in [5.74, 6) is 0.521. The third-order valence-electron chi connectivity index (χ3n) is 3.81. The van der Waals surface area contributed by atoms with Crippen molar-refractivity contribution in [2.75, 3.05) is 19.7 Å². The Kier molecular flexibility index (Phi) is 3.82. The molecule has 2 fully saturated rings. The van der Waals surface area contributed by atoms with E-state index in [-0.39, 0.29) is 18.1 Å². The van der Waals surface area contributed by atoms with Crippen LogP contribution in [0.5, 0.6) is 0 Å². The van der Waals surface area contributed by atoms with Crippen molar-refractivity contribution in [3.05, 3.63) is 0 Å². The van der Waals surface area contributed by atoms with Crippen molar-refractivity contribution in [3.8, 4) is 0 Å². The zero-order valence-electron chi connectivity index (χ0n) is 10.0. The van der Waals surface area contributed by atoms with E-state index in [9.17, 15) is 4.79 Å². The molecule has 0 spiro atoms. The van der Waals surface area contributed by atoms with E-state index in [1.165, 1.54) is 6.42 Å². The lowest BCUT2D eigenvalue weighted by Crippen LogP contribution is -2.51. The molecule has 0 aliphatic carbocycles. The van der Waals surface area contributed by atoms with Crippen LogP contribution in [0.2, 0.25) is 0 Å². The van der Waals surface area contributed by atoms with Crippen molar-refractivity contribution < 1.29 is 9.53 Å². The van der Waals surface area contributed by atoms with E-state index in [4.69, 9.17) is 10.5 Å². The van der Waals surface area contributed by atoms with Crippen LogP contribution in [0.25, 0.3) is 0 Å². The number of hydrogen-bond donors (Lipinski definition) is 1. The Bertz CT molecular complexity index is 257. The predicted octanol–water partition coefficient (Wildman–Crippen LogP) is 0.751. The van der Waals surface area contributed by atoms with Gasteiger partial charge < -0.3 is 15.4 Å². The van der Waals surface area contributed by atoms with Gasteiger partial charge in [-0.05, 0) is 31.6 Å². The van der Waals surface area contributed by atoms with E-state index in [1.807, 2.05) is 4.90 Å². The van der Waals surface area contributed by atoms with Crippen LogP contribution in [0, 0.1) is 5.92 Å². The molecule has 92 valence electrons. The third-order valence-corrected chi connectivity index (χ3v) is 3.81. The summed E-state index contributed by atoms with van der Waals surface area (Å²) in [6, 6.07) is 0.234. The average Bonchev–Trinajstić information content (AvgIpc) is 2.74. The fourth-order valence-electron chi connectivity index (χ4n) is 2.71. The van der Waals surface area contributed by atoms with Crippen molar-refractivity contribution >= 4 is 5.91 Å². The summed E-state index contributed by atoms with van der Waals surface area (Å²) >= 11 is 0. The van der Waals surface area contributed by atoms with Crippen LogP contribution in [0.15, 0.2) is 0 Å². The molecule has 2 aliphatic rings. The number of nitrogens with zero attached hydrogens (tertiary/aromatic N) is 1. The van der Waals surface area contributed by atoms with E-state index < -0.39 is 0 Å². The zero-order valence-corrected chi connectivity index (χ0v) is 10.0. The fourth-order valence-corrected chi connectivity index (χ4v) is 2.71. The molecule has 0 bridgehead atoms. The summed E-state index contributed by atoms with van der Waals surface area (Å²) < 4.78 is 5.54. The van der Waals surface area contributed by atoms with Gasteiger partial charge in [-0.25, -0.2) is 0 Å². The topological polar surface area (TPSA) is 55.6 Å².